The van der Waals surface area contributed by atoms with Crippen molar-refractivity contribution in [3.63, 3.8) is 0 Å². The second-order valence-electron chi connectivity index (χ2n) is 5.28. The van der Waals surface area contributed by atoms with E-state index in [4.69, 9.17) is 4.74 Å². The van der Waals surface area contributed by atoms with Gasteiger partial charge in [0.15, 0.2) is 0 Å². The first-order valence-corrected chi connectivity index (χ1v) is 8.38. The Kier molecular flexibility index (Phi) is 7.00. The molecule has 1 aliphatic heterocycles. The largest absolute Gasteiger partial charge is 0.379 e. The van der Waals surface area contributed by atoms with Gasteiger partial charge in [-0.1, -0.05) is 35.0 Å². The van der Waals surface area contributed by atoms with E-state index in [2.05, 4.69) is 57.3 Å². The van der Waals surface area contributed by atoms with Crippen molar-refractivity contribution >= 4 is 15.9 Å². The van der Waals surface area contributed by atoms with Crippen LogP contribution in [-0.4, -0.2) is 44.3 Å². The van der Waals surface area contributed by atoms with E-state index >= 15 is 0 Å². The third-order valence-electron chi connectivity index (χ3n) is 3.80. The number of benzene rings is 1. The molecule has 0 saturated carbocycles. The molecule has 0 spiro atoms. The Bertz CT molecular complexity index is 394. The van der Waals surface area contributed by atoms with Crippen LogP contribution in [0.2, 0.25) is 0 Å². The van der Waals surface area contributed by atoms with Gasteiger partial charge in [-0.3, -0.25) is 4.90 Å². The van der Waals surface area contributed by atoms with E-state index in [1.807, 2.05) is 0 Å². The van der Waals surface area contributed by atoms with Crippen LogP contribution in [-0.2, 0) is 4.74 Å². The van der Waals surface area contributed by atoms with E-state index in [0.717, 1.165) is 43.7 Å². The molecule has 1 fully saturated rings. The van der Waals surface area contributed by atoms with Crippen LogP contribution in [0.1, 0.15) is 31.4 Å². The van der Waals surface area contributed by atoms with Gasteiger partial charge >= 0.3 is 0 Å². The van der Waals surface area contributed by atoms with Crippen molar-refractivity contribution in [2.75, 3.05) is 39.4 Å². The Hall–Kier alpha value is -0.420. The van der Waals surface area contributed by atoms with Gasteiger partial charge in [-0.25, -0.2) is 0 Å². The van der Waals surface area contributed by atoms with E-state index in [0.29, 0.717) is 6.04 Å². The molecule has 1 heterocycles. The third-order valence-corrected chi connectivity index (χ3v) is 4.30. The van der Waals surface area contributed by atoms with Crippen molar-refractivity contribution < 1.29 is 4.74 Å². The average Bonchev–Trinajstić information content (AvgIpc) is 2.48. The molecule has 20 heavy (non-hydrogen) atoms. The van der Waals surface area contributed by atoms with Crippen LogP contribution in [0.5, 0.6) is 0 Å². The summed E-state index contributed by atoms with van der Waals surface area (Å²) >= 11 is 3.55. The molecule has 112 valence electrons. The summed E-state index contributed by atoms with van der Waals surface area (Å²) in [6.45, 7) is 8.44. The Labute approximate surface area is 130 Å². The topological polar surface area (TPSA) is 24.5 Å². The SMILES string of the molecule is CCC(NCCCN1CCOCC1)c1cccc(Br)c1. The maximum absolute atomic E-state index is 5.37. The number of hydrogen-bond acceptors (Lipinski definition) is 3. The van der Waals surface area contributed by atoms with Crippen molar-refractivity contribution in [1.82, 2.24) is 10.2 Å². The lowest BCUT2D eigenvalue weighted by atomic mass is 10.0. The Morgan fingerprint density at radius 2 is 2.15 bits per heavy atom. The van der Waals surface area contributed by atoms with Crippen LogP contribution < -0.4 is 5.32 Å². The summed E-state index contributed by atoms with van der Waals surface area (Å²) in [5, 5.41) is 3.67. The monoisotopic (exact) mass is 340 g/mol. The molecule has 0 aliphatic carbocycles. The van der Waals surface area contributed by atoms with Gasteiger partial charge in [0.25, 0.3) is 0 Å². The molecule has 1 aromatic carbocycles. The molecule has 1 saturated heterocycles. The maximum Gasteiger partial charge on any atom is 0.0594 e. The van der Waals surface area contributed by atoms with Gasteiger partial charge in [-0.15, -0.1) is 0 Å². The number of nitrogens with one attached hydrogen (secondary N) is 1. The fourth-order valence-electron chi connectivity index (χ4n) is 2.62. The number of hydrogen-bond donors (Lipinski definition) is 1. The molecule has 1 aromatic rings. The van der Waals surface area contributed by atoms with Crippen LogP contribution in [0.25, 0.3) is 0 Å². The number of nitrogens with zero attached hydrogens (tertiary/aromatic N) is 1. The maximum atomic E-state index is 5.37. The highest BCUT2D eigenvalue weighted by Crippen LogP contribution is 2.20. The fourth-order valence-corrected chi connectivity index (χ4v) is 3.04. The average molecular weight is 341 g/mol. The zero-order valence-electron chi connectivity index (χ0n) is 12.3. The lowest BCUT2D eigenvalue weighted by Gasteiger charge is -2.27. The highest BCUT2D eigenvalue weighted by Gasteiger charge is 2.11. The molecular weight excluding hydrogens is 316 g/mol. The van der Waals surface area contributed by atoms with Crippen LogP contribution in [0, 0.1) is 0 Å². The normalized spacial score (nSPS) is 18.1. The van der Waals surface area contributed by atoms with Gasteiger partial charge < -0.3 is 10.1 Å². The number of halogens is 1. The quantitative estimate of drug-likeness (QED) is 0.771. The van der Waals surface area contributed by atoms with Crippen LogP contribution in [0.4, 0.5) is 0 Å². The molecule has 0 bridgehead atoms. The van der Waals surface area contributed by atoms with E-state index in [1.54, 1.807) is 0 Å². The molecule has 1 atom stereocenters. The molecule has 2 rings (SSSR count). The first-order valence-electron chi connectivity index (χ1n) is 7.58. The second kappa shape index (κ2) is 8.78. The zero-order valence-corrected chi connectivity index (χ0v) is 13.9. The Morgan fingerprint density at radius 3 is 2.85 bits per heavy atom. The first-order chi connectivity index (χ1) is 9.79. The first kappa shape index (κ1) is 16.0. The van der Waals surface area contributed by atoms with Gasteiger partial charge in [0.1, 0.15) is 0 Å². The molecule has 0 radical (unpaired) electrons. The molecule has 0 amide bonds. The van der Waals surface area contributed by atoms with E-state index in [9.17, 15) is 0 Å². The van der Waals surface area contributed by atoms with Crippen molar-refractivity contribution in [2.24, 2.45) is 0 Å². The summed E-state index contributed by atoms with van der Waals surface area (Å²) in [6, 6.07) is 9.06. The molecule has 3 nitrogen and oxygen atoms in total. The van der Waals surface area contributed by atoms with Crippen molar-refractivity contribution in [2.45, 2.75) is 25.8 Å². The second-order valence-corrected chi connectivity index (χ2v) is 6.19. The zero-order chi connectivity index (χ0) is 14.2. The predicted octanol–water partition coefficient (Wildman–Crippen LogP) is 3.21. The molecule has 1 aliphatic rings. The number of rotatable bonds is 7. The summed E-state index contributed by atoms with van der Waals surface area (Å²) < 4.78 is 6.53. The smallest absolute Gasteiger partial charge is 0.0594 e. The Balaban J connectivity index is 1.71. The van der Waals surface area contributed by atoms with Crippen molar-refractivity contribution in [3.05, 3.63) is 34.3 Å². The Morgan fingerprint density at radius 1 is 1.35 bits per heavy atom. The summed E-state index contributed by atoms with van der Waals surface area (Å²) in [6.07, 6.45) is 2.32. The van der Waals surface area contributed by atoms with E-state index in [1.165, 1.54) is 18.5 Å². The van der Waals surface area contributed by atoms with Gasteiger partial charge in [0.05, 0.1) is 13.2 Å². The molecule has 1 N–H and O–H groups in total. The lowest BCUT2D eigenvalue weighted by Crippen LogP contribution is -2.37. The molecular formula is C16H25BrN2O. The van der Waals surface area contributed by atoms with Crippen molar-refractivity contribution in [1.29, 1.82) is 0 Å². The van der Waals surface area contributed by atoms with Crippen LogP contribution in [0.15, 0.2) is 28.7 Å². The van der Waals surface area contributed by atoms with Gasteiger partial charge in [0.2, 0.25) is 0 Å². The summed E-state index contributed by atoms with van der Waals surface area (Å²) in [5.74, 6) is 0. The summed E-state index contributed by atoms with van der Waals surface area (Å²) in [7, 11) is 0. The minimum Gasteiger partial charge on any atom is -0.379 e. The standard InChI is InChI=1S/C16H25BrN2O/c1-2-16(14-5-3-6-15(17)13-14)18-7-4-8-19-9-11-20-12-10-19/h3,5-6,13,16,18H,2,4,7-12H2,1H3. The minimum atomic E-state index is 0.456. The minimum absolute atomic E-state index is 0.456. The predicted molar refractivity (Wildman–Crippen MR) is 87.1 cm³/mol. The molecule has 4 heteroatoms. The van der Waals surface area contributed by atoms with Gasteiger partial charge in [-0.05, 0) is 43.6 Å². The van der Waals surface area contributed by atoms with Gasteiger partial charge in [-0.2, -0.15) is 0 Å². The van der Waals surface area contributed by atoms with E-state index < -0.39 is 0 Å². The third kappa shape index (κ3) is 5.17. The molecule has 1 unspecified atom stereocenters. The highest BCUT2D eigenvalue weighted by molar-refractivity contribution is 9.10. The van der Waals surface area contributed by atoms with Crippen LogP contribution in [0.3, 0.4) is 0 Å². The highest BCUT2D eigenvalue weighted by atomic mass is 79.9. The van der Waals surface area contributed by atoms with Gasteiger partial charge in [0, 0.05) is 23.6 Å². The van der Waals surface area contributed by atoms with E-state index in [-0.39, 0.29) is 0 Å². The van der Waals surface area contributed by atoms with Crippen LogP contribution >= 0.6 is 15.9 Å². The van der Waals surface area contributed by atoms with Crippen molar-refractivity contribution in [3.8, 4) is 0 Å². The fraction of sp³-hybridized carbons (Fsp3) is 0.625. The number of ether oxygens (including phenoxy) is 1. The lowest BCUT2D eigenvalue weighted by molar-refractivity contribution is 0.0374. The number of morpholine rings is 1. The summed E-state index contributed by atoms with van der Waals surface area (Å²) in [4.78, 5) is 2.49. The summed E-state index contributed by atoms with van der Waals surface area (Å²) in [5.41, 5.74) is 1.37. The molecule has 0 aromatic heterocycles.